The number of halogens is 1. The van der Waals surface area contributed by atoms with Gasteiger partial charge in [-0.05, 0) is 85.2 Å². The van der Waals surface area contributed by atoms with Gasteiger partial charge in [0.05, 0.1) is 30.0 Å². The highest BCUT2D eigenvalue weighted by Crippen LogP contribution is 2.33. The fourth-order valence-electron chi connectivity index (χ4n) is 6.89. The predicted octanol–water partition coefficient (Wildman–Crippen LogP) is 11.7. The number of nitrogens with one attached hydrogen (secondary N) is 2. The van der Waals surface area contributed by atoms with Crippen LogP contribution in [-0.2, 0) is 37.7 Å². The van der Waals surface area contributed by atoms with Gasteiger partial charge >= 0.3 is 5.97 Å². The number of amides is 2. The lowest BCUT2D eigenvalue weighted by Gasteiger charge is -2.25. The number of Topliss-reactive ketones (excluding diaryl/α,β-unsaturated/α-hetero) is 1. The van der Waals surface area contributed by atoms with Gasteiger partial charge in [0.1, 0.15) is 5.75 Å². The SMILES string of the molecule is CCCCCc1ccc(OCCCC(=O)Nc2ccc(Cl)c(NC(=O)C(C(=O)C(C)(C)C)n3nc(SCc4ccc(C(=O)OC)cc4)nc3-c3ccccc3)c2)c(CCCCC)c1. The van der Waals surface area contributed by atoms with Crippen LogP contribution in [0.2, 0.25) is 5.02 Å². The number of aryl methyl sites for hydroxylation is 2. The molecule has 5 aromatic rings. The van der Waals surface area contributed by atoms with E-state index >= 15 is 0 Å². The third-order valence-corrected chi connectivity index (χ3v) is 11.7. The number of hydrogen-bond acceptors (Lipinski definition) is 9. The van der Waals surface area contributed by atoms with Gasteiger partial charge < -0.3 is 20.1 Å². The molecular formula is C50H60ClN5O6S. The second-order valence-electron chi connectivity index (χ2n) is 16.6. The van der Waals surface area contributed by atoms with Crippen molar-refractivity contribution in [1.29, 1.82) is 0 Å². The fraction of sp³-hybridized carbons (Fsp3) is 0.400. The van der Waals surface area contributed by atoms with E-state index in [4.69, 9.17) is 31.2 Å². The third kappa shape index (κ3) is 14.3. The van der Waals surface area contributed by atoms with Gasteiger partial charge in [0.15, 0.2) is 17.6 Å². The first-order valence-electron chi connectivity index (χ1n) is 21.8. The largest absolute Gasteiger partial charge is 0.493 e. The highest BCUT2D eigenvalue weighted by molar-refractivity contribution is 7.98. The number of esters is 1. The van der Waals surface area contributed by atoms with Crippen LogP contribution in [0.5, 0.6) is 5.75 Å². The van der Waals surface area contributed by atoms with E-state index in [0.717, 1.165) is 37.0 Å². The Kier molecular flexibility index (Phi) is 18.4. The van der Waals surface area contributed by atoms with Crippen molar-refractivity contribution in [2.24, 2.45) is 5.41 Å². The zero-order valence-electron chi connectivity index (χ0n) is 37.3. The van der Waals surface area contributed by atoms with Crippen molar-refractivity contribution in [3.8, 4) is 17.1 Å². The van der Waals surface area contributed by atoms with E-state index in [1.54, 1.807) is 51.1 Å². The van der Waals surface area contributed by atoms with Crippen LogP contribution in [0.25, 0.3) is 11.4 Å². The van der Waals surface area contributed by atoms with Crippen molar-refractivity contribution >= 4 is 58.3 Å². The molecule has 1 atom stereocenters. The van der Waals surface area contributed by atoms with E-state index in [2.05, 4.69) is 42.7 Å². The minimum atomic E-state index is -1.43. The molecule has 0 bridgehead atoms. The molecular weight excluding hydrogens is 834 g/mol. The molecule has 13 heteroatoms. The molecule has 11 nitrogen and oxygen atoms in total. The van der Waals surface area contributed by atoms with Crippen molar-refractivity contribution < 1.29 is 28.7 Å². The van der Waals surface area contributed by atoms with Crippen LogP contribution < -0.4 is 15.4 Å². The minimum absolute atomic E-state index is 0.215. The van der Waals surface area contributed by atoms with Crippen molar-refractivity contribution in [2.45, 2.75) is 116 Å². The Hall–Kier alpha value is -5.46. The summed E-state index contributed by atoms with van der Waals surface area (Å²) in [5, 5.41) is 11.1. The first kappa shape index (κ1) is 48.6. The topological polar surface area (TPSA) is 142 Å². The molecule has 63 heavy (non-hydrogen) atoms. The summed E-state index contributed by atoms with van der Waals surface area (Å²) in [7, 11) is 1.33. The number of methoxy groups -OCH3 is 1. The molecule has 0 spiro atoms. The van der Waals surface area contributed by atoms with Gasteiger partial charge in [0.2, 0.25) is 11.1 Å². The quantitative estimate of drug-likeness (QED) is 0.0284. The molecule has 5 rings (SSSR count). The Morgan fingerprint density at radius 3 is 2.19 bits per heavy atom. The summed E-state index contributed by atoms with van der Waals surface area (Å²) in [5.74, 6) is -0.0298. The van der Waals surface area contributed by atoms with Crippen LogP contribution in [0.1, 0.15) is 119 Å². The van der Waals surface area contributed by atoms with Gasteiger partial charge in [0.25, 0.3) is 5.91 Å². The maximum atomic E-state index is 14.4. The number of thioether (sulfide) groups is 1. The second-order valence-corrected chi connectivity index (χ2v) is 17.9. The first-order valence-corrected chi connectivity index (χ1v) is 23.2. The van der Waals surface area contributed by atoms with Crippen LogP contribution in [0.15, 0.2) is 96.2 Å². The molecule has 0 saturated heterocycles. The van der Waals surface area contributed by atoms with Crippen LogP contribution in [0.4, 0.5) is 11.4 Å². The summed E-state index contributed by atoms with van der Waals surface area (Å²) in [6.07, 6.45) is 9.79. The molecule has 2 N–H and O–H groups in total. The Labute approximate surface area is 381 Å². The number of carbonyl (C=O) groups excluding carboxylic acids is 4. The third-order valence-electron chi connectivity index (χ3n) is 10.4. The van der Waals surface area contributed by atoms with E-state index in [0.29, 0.717) is 46.6 Å². The summed E-state index contributed by atoms with van der Waals surface area (Å²) in [4.78, 5) is 58.5. The van der Waals surface area contributed by atoms with Crippen molar-refractivity contribution in [2.75, 3.05) is 24.4 Å². The summed E-state index contributed by atoms with van der Waals surface area (Å²) in [6, 6.07) is 26.1. The number of benzene rings is 4. The number of ether oxygens (including phenoxy) is 2. The normalized spacial score (nSPS) is 11.8. The Morgan fingerprint density at radius 1 is 0.810 bits per heavy atom. The summed E-state index contributed by atoms with van der Waals surface area (Å²) < 4.78 is 12.4. The average Bonchev–Trinajstić information content (AvgIpc) is 3.69. The van der Waals surface area contributed by atoms with Gasteiger partial charge in [-0.25, -0.2) is 14.5 Å². The van der Waals surface area contributed by atoms with Gasteiger partial charge in [-0.1, -0.05) is 138 Å². The summed E-state index contributed by atoms with van der Waals surface area (Å²) >= 11 is 7.95. The number of rotatable bonds is 23. The van der Waals surface area contributed by atoms with E-state index in [1.165, 1.54) is 60.4 Å². The monoisotopic (exact) mass is 893 g/mol. The lowest BCUT2D eigenvalue weighted by molar-refractivity contribution is -0.135. The zero-order valence-corrected chi connectivity index (χ0v) is 38.9. The highest BCUT2D eigenvalue weighted by atomic mass is 35.5. The second kappa shape index (κ2) is 23.8. The van der Waals surface area contributed by atoms with Crippen molar-refractivity contribution in [3.63, 3.8) is 0 Å². The molecule has 0 saturated carbocycles. The number of hydrogen-bond donors (Lipinski definition) is 2. The molecule has 1 unspecified atom stereocenters. The van der Waals surface area contributed by atoms with Crippen LogP contribution in [0.3, 0.4) is 0 Å². The average molecular weight is 895 g/mol. The molecule has 0 aliphatic heterocycles. The number of nitrogens with zero attached hydrogens (tertiary/aromatic N) is 3. The van der Waals surface area contributed by atoms with Crippen molar-refractivity contribution in [3.05, 3.63) is 118 Å². The number of aromatic nitrogens is 3. The standard InChI is InChI=1S/C50H60ClN5O6S/c1-7-9-12-17-34-24-29-42(38(31-34)20-13-10-8-2)62-30-16-21-43(57)52-39-27-28-40(51)41(32-39)53-47(59)44(45(58)50(3,4)5)56-46(36-18-14-11-15-19-36)54-49(55-56)63-33-35-22-25-37(26-23-35)48(60)61-6/h11,14-15,18-19,22-29,31-32,44H,7-10,12-13,16-17,20-21,30,33H2,1-6H3,(H,52,57)(H,53,59). The van der Waals surface area contributed by atoms with Gasteiger partial charge in [0, 0.05) is 28.8 Å². The van der Waals surface area contributed by atoms with E-state index < -0.39 is 29.1 Å². The van der Waals surface area contributed by atoms with Gasteiger partial charge in [-0.3, -0.25) is 14.4 Å². The number of anilines is 2. The number of ketones is 1. The Bertz CT molecular complexity index is 2310. The summed E-state index contributed by atoms with van der Waals surface area (Å²) in [6.45, 7) is 10.0. The fourth-order valence-corrected chi connectivity index (χ4v) is 7.84. The zero-order chi connectivity index (χ0) is 45.4. The van der Waals surface area contributed by atoms with Crippen LogP contribution in [-0.4, -0.2) is 52.0 Å². The lowest BCUT2D eigenvalue weighted by atomic mass is 9.86. The molecule has 0 aliphatic rings. The molecule has 0 aliphatic carbocycles. The number of unbranched alkanes of at least 4 members (excludes halogenated alkanes) is 4. The van der Waals surface area contributed by atoms with Gasteiger partial charge in [-0.2, -0.15) is 0 Å². The van der Waals surface area contributed by atoms with E-state index in [1.807, 2.05) is 42.5 Å². The highest BCUT2D eigenvalue weighted by Gasteiger charge is 2.39. The Morgan fingerprint density at radius 2 is 1.51 bits per heavy atom. The molecule has 1 aromatic heterocycles. The van der Waals surface area contributed by atoms with E-state index in [-0.39, 0.29) is 23.0 Å². The van der Waals surface area contributed by atoms with E-state index in [9.17, 15) is 19.2 Å². The maximum absolute atomic E-state index is 14.4. The van der Waals surface area contributed by atoms with Crippen LogP contribution in [0, 0.1) is 5.41 Å². The molecule has 2 amide bonds. The maximum Gasteiger partial charge on any atom is 0.337 e. The first-order chi connectivity index (χ1) is 30.3. The van der Waals surface area contributed by atoms with Crippen molar-refractivity contribution in [1.82, 2.24) is 14.8 Å². The smallest absolute Gasteiger partial charge is 0.337 e. The number of carbonyl (C=O) groups is 4. The predicted molar refractivity (Wildman–Crippen MR) is 253 cm³/mol. The molecule has 334 valence electrons. The summed E-state index contributed by atoms with van der Waals surface area (Å²) in [5.41, 5.74) is 4.27. The molecule has 4 aromatic carbocycles. The van der Waals surface area contributed by atoms with Crippen LogP contribution >= 0.6 is 23.4 Å². The Balaban J connectivity index is 1.28. The minimum Gasteiger partial charge on any atom is -0.493 e. The lowest BCUT2D eigenvalue weighted by Crippen LogP contribution is -2.39. The molecule has 1 heterocycles. The molecule has 0 radical (unpaired) electrons. The molecule has 0 fully saturated rings. The van der Waals surface area contributed by atoms with Gasteiger partial charge in [-0.15, -0.1) is 5.10 Å².